The fourth-order valence-corrected chi connectivity index (χ4v) is 3.00. The number of hydrogen-bond acceptors (Lipinski definition) is 5. The van der Waals surface area contributed by atoms with E-state index < -0.39 is 0 Å². The van der Waals surface area contributed by atoms with Crippen molar-refractivity contribution in [1.29, 1.82) is 0 Å². The monoisotopic (exact) mass is 312 g/mol. The number of anilines is 2. The van der Waals surface area contributed by atoms with E-state index in [9.17, 15) is 4.39 Å². The van der Waals surface area contributed by atoms with E-state index in [-0.39, 0.29) is 5.82 Å². The molecule has 0 unspecified atom stereocenters. The minimum absolute atomic E-state index is 0.204. The van der Waals surface area contributed by atoms with Crippen molar-refractivity contribution in [1.82, 2.24) is 20.2 Å². The summed E-state index contributed by atoms with van der Waals surface area (Å²) in [7, 11) is 0. The Balaban J connectivity index is 1.54. The first-order chi connectivity index (χ1) is 11.2. The average molecular weight is 312 g/mol. The summed E-state index contributed by atoms with van der Waals surface area (Å²) in [6.45, 7) is 5.37. The number of halogens is 1. The molecule has 3 aromatic rings. The minimum atomic E-state index is -0.204. The highest BCUT2D eigenvalue weighted by Crippen LogP contribution is 2.25. The highest BCUT2D eigenvalue weighted by atomic mass is 19.1. The molecule has 3 heterocycles. The number of nitrogens with zero attached hydrogens (tertiary/aromatic N) is 5. The maximum atomic E-state index is 13.0. The van der Waals surface area contributed by atoms with Crippen molar-refractivity contribution in [3.8, 4) is 0 Å². The normalized spacial score (nSPS) is 15.4. The van der Waals surface area contributed by atoms with Crippen molar-refractivity contribution in [2.75, 3.05) is 36.0 Å². The smallest absolute Gasteiger partial charge is 0.160 e. The van der Waals surface area contributed by atoms with Crippen LogP contribution in [0.3, 0.4) is 0 Å². The number of H-pyrrole nitrogens is 1. The van der Waals surface area contributed by atoms with Gasteiger partial charge in [-0.25, -0.2) is 14.4 Å². The van der Waals surface area contributed by atoms with Crippen molar-refractivity contribution >= 4 is 22.5 Å². The van der Waals surface area contributed by atoms with Gasteiger partial charge < -0.3 is 9.80 Å². The van der Waals surface area contributed by atoms with Gasteiger partial charge in [0, 0.05) is 31.9 Å². The molecule has 1 saturated heterocycles. The Bertz CT molecular complexity index is 820. The summed E-state index contributed by atoms with van der Waals surface area (Å²) in [6.07, 6.45) is 1.59. The molecule has 1 aliphatic heterocycles. The molecule has 0 bridgehead atoms. The lowest BCUT2D eigenvalue weighted by Gasteiger charge is -2.36. The van der Waals surface area contributed by atoms with E-state index in [2.05, 4.69) is 30.0 Å². The van der Waals surface area contributed by atoms with Crippen LogP contribution < -0.4 is 9.80 Å². The molecule has 0 radical (unpaired) electrons. The van der Waals surface area contributed by atoms with Crippen LogP contribution in [0.1, 0.15) is 5.69 Å². The van der Waals surface area contributed by atoms with Gasteiger partial charge >= 0.3 is 0 Å². The summed E-state index contributed by atoms with van der Waals surface area (Å²) in [6, 6.07) is 6.65. The second-order valence-electron chi connectivity index (χ2n) is 5.69. The van der Waals surface area contributed by atoms with Crippen LogP contribution in [0.5, 0.6) is 0 Å². The number of rotatable bonds is 2. The largest absolute Gasteiger partial charge is 0.368 e. The molecule has 4 rings (SSSR count). The number of aromatic nitrogens is 4. The van der Waals surface area contributed by atoms with Crippen molar-refractivity contribution in [2.24, 2.45) is 0 Å². The van der Waals surface area contributed by atoms with Gasteiger partial charge in [0.1, 0.15) is 17.7 Å². The summed E-state index contributed by atoms with van der Waals surface area (Å²) in [5.74, 6) is 0.669. The highest BCUT2D eigenvalue weighted by Gasteiger charge is 2.21. The molecule has 1 fully saturated rings. The fraction of sp³-hybridized carbons (Fsp3) is 0.312. The van der Waals surface area contributed by atoms with E-state index in [4.69, 9.17) is 0 Å². The summed E-state index contributed by atoms with van der Waals surface area (Å²) >= 11 is 0. The predicted octanol–water partition coefficient (Wildman–Crippen LogP) is 2.13. The second-order valence-corrected chi connectivity index (χ2v) is 5.69. The van der Waals surface area contributed by atoms with Gasteiger partial charge in [-0.15, -0.1) is 0 Å². The van der Waals surface area contributed by atoms with Crippen LogP contribution in [0.4, 0.5) is 15.9 Å². The van der Waals surface area contributed by atoms with Crippen LogP contribution in [0.15, 0.2) is 30.6 Å². The molecular formula is C16H17FN6. The van der Waals surface area contributed by atoms with E-state index in [0.717, 1.165) is 54.4 Å². The Labute approximate surface area is 133 Å². The van der Waals surface area contributed by atoms with E-state index in [1.54, 1.807) is 6.33 Å². The zero-order chi connectivity index (χ0) is 15.8. The number of piperazine rings is 1. The van der Waals surface area contributed by atoms with Gasteiger partial charge in [-0.1, -0.05) is 0 Å². The van der Waals surface area contributed by atoms with Crippen LogP contribution in [0.2, 0.25) is 0 Å². The lowest BCUT2D eigenvalue weighted by molar-refractivity contribution is 0.624. The molecule has 0 spiro atoms. The predicted molar refractivity (Wildman–Crippen MR) is 87.2 cm³/mol. The van der Waals surface area contributed by atoms with Crippen molar-refractivity contribution in [2.45, 2.75) is 6.92 Å². The highest BCUT2D eigenvalue weighted by molar-refractivity contribution is 5.87. The topological polar surface area (TPSA) is 60.9 Å². The molecular weight excluding hydrogens is 295 g/mol. The Hall–Kier alpha value is -2.70. The first-order valence-electron chi connectivity index (χ1n) is 7.63. The van der Waals surface area contributed by atoms with E-state index in [0.29, 0.717) is 0 Å². The Morgan fingerprint density at radius 2 is 1.65 bits per heavy atom. The second kappa shape index (κ2) is 5.49. The summed E-state index contributed by atoms with van der Waals surface area (Å²) in [4.78, 5) is 13.2. The molecule has 7 heteroatoms. The third-order valence-corrected chi connectivity index (χ3v) is 4.26. The Morgan fingerprint density at radius 3 is 2.39 bits per heavy atom. The number of benzene rings is 1. The van der Waals surface area contributed by atoms with E-state index >= 15 is 0 Å². The molecule has 1 N–H and O–H groups in total. The molecule has 2 aromatic heterocycles. The molecule has 23 heavy (non-hydrogen) atoms. The van der Waals surface area contributed by atoms with Crippen LogP contribution in [-0.2, 0) is 0 Å². The molecule has 0 atom stereocenters. The number of hydrogen-bond donors (Lipinski definition) is 1. The third-order valence-electron chi connectivity index (χ3n) is 4.26. The van der Waals surface area contributed by atoms with Gasteiger partial charge in [0.15, 0.2) is 11.3 Å². The van der Waals surface area contributed by atoms with Crippen LogP contribution in [-0.4, -0.2) is 46.3 Å². The van der Waals surface area contributed by atoms with Gasteiger partial charge in [0.05, 0.1) is 5.69 Å². The minimum Gasteiger partial charge on any atom is -0.368 e. The number of aryl methyl sites for hydroxylation is 1. The summed E-state index contributed by atoms with van der Waals surface area (Å²) < 4.78 is 13.0. The first kappa shape index (κ1) is 13.9. The van der Waals surface area contributed by atoms with Gasteiger partial charge in [-0.3, -0.25) is 5.10 Å². The van der Waals surface area contributed by atoms with Crippen molar-refractivity contribution < 1.29 is 4.39 Å². The van der Waals surface area contributed by atoms with Crippen molar-refractivity contribution in [3.63, 3.8) is 0 Å². The van der Waals surface area contributed by atoms with Crippen LogP contribution >= 0.6 is 0 Å². The van der Waals surface area contributed by atoms with Gasteiger partial charge in [0.25, 0.3) is 0 Å². The van der Waals surface area contributed by atoms with Crippen LogP contribution in [0, 0.1) is 12.7 Å². The third kappa shape index (κ3) is 2.48. The van der Waals surface area contributed by atoms with Crippen molar-refractivity contribution in [3.05, 3.63) is 42.1 Å². The Kier molecular flexibility index (Phi) is 3.33. The molecule has 0 aliphatic carbocycles. The summed E-state index contributed by atoms with van der Waals surface area (Å²) in [5, 5.41) is 7.30. The molecule has 0 saturated carbocycles. The average Bonchev–Trinajstić information content (AvgIpc) is 2.97. The molecule has 1 aromatic carbocycles. The first-order valence-corrected chi connectivity index (χ1v) is 7.63. The number of fused-ring (bicyclic) bond motifs is 1. The number of nitrogens with one attached hydrogen (secondary N) is 1. The molecule has 1 aliphatic rings. The quantitative estimate of drug-likeness (QED) is 0.785. The van der Waals surface area contributed by atoms with E-state index in [1.165, 1.54) is 12.1 Å². The van der Waals surface area contributed by atoms with Crippen LogP contribution in [0.25, 0.3) is 11.0 Å². The lowest BCUT2D eigenvalue weighted by Crippen LogP contribution is -2.47. The SMILES string of the molecule is Cc1[nH]nc2c(N3CCN(c4ccc(F)cc4)CC3)ncnc12. The van der Waals surface area contributed by atoms with Gasteiger partial charge in [-0.2, -0.15) is 5.10 Å². The molecule has 118 valence electrons. The Morgan fingerprint density at radius 1 is 0.957 bits per heavy atom. The standard InChI is InChI=1S/C16H17FN6/c1-11-14-15(21-20-11)16(19-10-18-14)23-8-6-22(7-9-23)13-4-2-12(17)3-5-13/h2-5,10H,6-9H2,1H3,(H,20,21). The zero-order valence-electron chi connectivity index (χ0n) is 12.8. The van der Waals surface area contributed by atoms with Gasteiger partial charge in [-0.05, 0) is 31.2 Å². The maximum absolute atomic E-state index is 13.0. The summed E-state index contributed by atoms with van der Waals surface area (Å²) in [5.41, 5.74) is 3.69. The fourth-order valence-electron chi connectivity index (χ4n) is 3.00. The van der Waals surface area contributed by atoms with Gasteiger partial charge in [0.2, 0.25) is 0 Å². The maximum Gasteiger partial charge on any atom is 0.160 e. The lowest BCUT2D eigenvalue weighted by atomic mass is 10.2. The number of aromatic amines is 1. The van der Waals surface area contributed by atoms with E-state index in [1.807, 2.05) is 19.1 Å². The molecule has 0 amide bonds. The zero-order valence-corrected chi connectivity index (χ0v) is 12.8. The molecule has 6 nitrogen and oxygen atoms in total.